The Labute approximate surface area is 36.4 Å². The van der Waals surface area contributed by atoms with Crippen LogP contribution in [0.1, 0.15) is 0 Å². The lowest BCUT2D eigenvalue weighted by atomic mass is 10.8. The summed E-state index contributed by atoms with van der Waals surface area (Å²) in [4.78, 5) is 0. The van der Waals surface area contributed by atoms with Gasteiger partial charge < -0.3 is 6.15 Å². The van der Waals surface area contributed by atoms with E-state index in [9.17, 15) is 0 Å². The lowest BCUT2D eigenvalue weighted by molar-refractivity contribution is 2.13. The summed E-state index contributed by atoms with van der Waals surface area (Å²) in [6.45, 7) is 0. The highest BCUT2D eigenvalue weighted by Crippen LogP contribution is 0.861. The van der Waals surface area contributed by atoms with Crippen molar-refractivity contribution in [1.82, 2.24) is 6.15 Å². The standard InChI is InChI=1S/BH3.H3N.H3P.H4Si/h3*1H3;1H4. The predicted molar refractivity (Wildman–Crippen MR) is 37.4 cm³/mol. The van der Waals surface area contributed by atoms with Crippen LogP contribution in [0.2, 0.25) is 0 Å². The highest BCUT2D eigenvalue weighted by atomic mass is 31.0. The third-order valence-electron chi connectivity index (χ3n) is 0. The van der Waals surface area contributed by atoms with E-state index in [4.69, 9.17) is 0 Å². The zero-order valence-electron chi connectivity index (χ0n) is 1.41. The van der Waals surface area contributed by atoms with Gasteiger partial charge in [0.05, 0.1) is 8.41 Å². The summed E-state index contributed by atoms with van der Waals surface area (Å²) in [6, 6.07) is 0. The van der Waals surface area contributed by atoms with Crippen molar-refractivity contribution in [2.75, 3.05) is 0 Å². The van der Waals surface area contributed by atoms with Crippen LogP contribution in [0, 0.1) is 0 Å². The van der Waals surface area contributed by atoms with E-state index in [1.807, 2.05) is 0 Å². The Bertz CT molecular complexity index is 8.00. The fraction of sp³-hybridized carbons (Fsp3) is 0. The Morgan fingerprint density at radius 1 is 1.00 bits per heavy atom. The first-order valence-electron chi connectivity index (χ1n) is 0. The van der Waals surface area contributed by atoms with E-state index in [2.05, 4.69) is 0 Å². The van der Waals surface area contributed by atoms with E-state index in [-0.39, 0.29) is 35.4 Å². The molecule has 0 amide bonds. The van der Waals surface area contributed by atoms with Crippen LogP contribution in [0.3, 0.4) is 0 Å². The van der Waals surface area contributed by atoms with E-state index in [0.717, 1.165) is 0 Å². The highest BCUT2D eigenvalue weighted by molar-refractivity contribution is 6.92. The molecule has 0 aromatic rings. The number of hydrogen-bond donors (Lipinski definition) is 1. The summed E-state index contributed by atoms with van der Waals surface area (Å²) in [5, 5.41) is 0. The third kappa shape index (κ3) is 16.5. The molecule has 0 bridgehead atoms. The zero-order chi connectivity index (χ0) is 0. The van der Waals surface area contributed by atoms with Crippen molar-refractivity contribution in [2.45, 2.75) is 0 Å². The van der Waals surface area contributed by atoms with E-state index < -0.39 is 0 Å². The molecule has 1 nitrogen and oxygen atoms in total. The molecule has 1 atom stereocenters. The van der Waals surface area contributed by atoms with Crippen molar-refractivity contribution in [1.29, 1.82) is 0 Å². The van der Waals surface area contributed by atoms with Crippen LogP contribution in [0.15, 0.2) is 0 Å². The van der Waals surface area contributed by atoms with Crippen LogP contribution >= 0.6 is 9.90 Å². The molecule has 0 radical (unpaired) electrons. The van der Waals surface area contributed by atoms with Crippen LogP contribution < -0.4 is 6.15 Å². The van der Waals surface area contributed by atoms with E-state index in [1.165, 1.54) is 0 Å². The van der Waals surface area contributed by atoms with Gasteiger partial charge in [-0.15, -0.1) is 0 Å². The minimum Gasteiger partial charge on any atom is -0.344 e. The number of hydrogen-bond acceptors (Lipinski definition) is 1. The molecular weight excluding hydrogens is 83.9 g/mol. The molecule has 0 spiro atoms. The first-order chi connectivity index (χ1) is 0. The average Bonchev–Trinajstić information content (AvgIpc) is 0. The topological polar surface area (TPSA) is 35.0 Å². The van der Waals surface area contributed by atoms with Crippen LogP contribution in [0.4, 0.5) is 0 Å². The van der Waals surface area contributed by atoms with Crippen molar-refractivity contribution in [3.63, 3.8) is 0 Å². The summed E-state index contributed by atoms with van der Waals surface area (Å²) in [6.07, 6.45) is 0. The molecule has 0 heterocycles. The summed E-state index contributed by atoms with van der Waals surface area (Å²) < 4.78 is 0. The average molecular weight is 97.0 g/mol. The van der Waals surface area contributed by atoms with Crippen LogP contribution in [-0.4, -0.2) is 19.4 Å². The highest BCUT2D eigenvalue weighted by Gasteiger charge is 0.0814. The smallest absolute Gasteiger partial charge is 0.0814 e. The van der Waals surface area contributed by atoms with Gasteiger partial charge in [0, 0.05) is 0 Å². The monoisotopic (exact) mass is 97.1 g/mol. The van der Waals surface area contributed by atoms with Gasteiger partial charge in [-0.2, -0.15) is 9.90 Å². The molecule has 0 aliphatic carbocycles. The van der Waals surface area contributed by atoms with Crippen LogP contribution in [-0.2, 0) is 0 Å². The first-order valence-corrected chi connectivity index (χ1v) is 0. The second-order valence-corrected chi connectivity index (χ2v) is 0. The van der Waals surface area contributed by atoms with Gasteiger partial charge in [-0.1, -0.05) is 0 Å². The van der Waals surface area contributed by atoms with E-state index in [1.54, 1.807) is 0 Å². The third-order valence-corrected chi connectivity index (χ3v) is 0. The quantitative estimate of drug-likeness (QED) is 0.265. The second kappa shape index (κ2) is 58.1. The summed E-state index contributed by atoms with van der Waals surface area (Å²) >= 11 is 0. The molecule has 4 heteroatoms. The minimum atomic E-state index is 0. The molecule has 0 saturated heterocycles. The second-order valence-electron chi connectivity index (χ2n) is 0. The maximum absolute atomic E-state index is 0. The molecule has 30 valence electrons. The van der Waals surface area contributed by atoms with Gasteiger partial charge in [0.2, 0.25) is 0 Å². The Morgan fingerprint density at radius 2 is 1.00 bits per heavy atom. The van der Waals surface area contributed by atoms with Crippen LogP contribution in [0.25, 0.3) is 0 Å². The molecule has 1 unspecified atom stereocenters. The molecular formula is H13BNPSi. The molecule has 0 fully saturated rings. The summed E-state index contributed by atoms with van der Waals surface area (Å²) in [5.74, 6) is 0. The zero-order valence-corrected chi connectivity index (χ0v) is 2.83. The van der Waals surface area contributed by atoms with E-state index >= 15 is 0 Å². The van der Waals surface area contributed by atoms with Crippen molar-refractivity contribution >= 4 is 29.3 Å². The van der Waals surface area contributed by atoms with Gasteiger partial charge in [-0.3, -0.25) is 0 Å². The molecule has 4 heavy (non-hydrogen) atoms. The van der Waals surface area contributed by atoms with Gasteiger partial charge in [0.15, 0.2) is 0 Å². The van der Waals surface area contributed by atoms with Crippen molar-refractivity contribution < 1.29 is 0 Å². The SMILES string of the molecule is B.N.P.[SiH4]. The molecule has 0 aliphatic heterocycles. The lowest BCUT2D eigenvalue weighted by Gasteiger charge is -0.344. The van der Waals surface area contributed by atoms with Gasteiger partial charge in [-0.25, -0.2) is 0 Å². The van der Waals surface area contributed by atoms with Gasteiger partial charge in [0.1, 0.15) is 0 Å². The normalized spacial score (nSPS) is 0. The Morgan fingerprint density at radius 3 is 1.00 bits per heavy atom. The van der Waals surface area contributed by atoms with Crippen molar-refractivity contribution in [3.05, 3.63) is 0 Å². The summed E-state index contributed by atoms with van der Waals surface area (Å²) in [7, 11) is 0. The predicted octanol–water partition coefficient (Wildman–Crippen LogP) is -2.42. The Kier molecular flexibility index (Phi) is 2030. The van der Waals surface area contributed by atoms with Gasteiger partial charge in [0.25, 0.3) is 0 Å². The molecule has 0 aromatic carbocycles. The Hall–Kier alpha value is 0.672. The molecule has 0 saturated carbocycles. The molecule has 0 aromatic heterocycles. The van der Waals surface area contributed by atoms with Crippen LogP contribution in [0.5, 0.6) is 0 Å². The van der Waals surface area contributed by atoms with Crippen molar-refractivity contribution in [2.24, 2.45) is 0 Å². The van der Waals surface area contributed by atoms with Gasteiger partial charge in [-0.05, 0) is 11.0 Å². The fourth-order valence-electron chi connectivity index (χ4n) is 0. The number of rotatable bonds is 0. The largest absolute Gasteiger partial charge is 0.344 e. The fourth-order valence-corrected chi connectivity index (χ4v) is 0. The first kappa shape index (κ1) is 140. The maximum atomic E-state index is 0. The minimum absolute atomic E-state index is 0. The van der Waals surface area contributed by atoms with Gasteiger partial charge >= 0.3 is 0 Å². The Balaban J connectivity index is 0. The summed E-state index contributed by atoms with van der Waals surface area (Å²) in [5.41, 5.74) is 0. The molecule has 0 rings (SSSR count). The lowest BCUT2D eigenvalue weighted by Crippen LogP contribution is -0.481. The molecule has 3 N–H and O–H groups in total. The van der Waals surface area contributed by atoms with E-state index in [0.29, 0.717) is 0 Å². The molecule has 0 aliphatic rings. The van der Waals surface area contributed by atoms with Crippen molar-refractivity contribution in [3.8, 4) is 0 Å². The maximum Gasteiger partial charge on any atom is 0.0814 e.